The van der Waals surface area contributed by atoms with Crippen LogP contribution in [0.5, 0.6) is 5.75 Å². The minimum Gasteiger partial charge on any atom is -0.508 e. The summed E-state index contributed by atoms with van der Waals surface area (Å²) in [6, 6.07) is 25.8. The van der Waals surface area contributed by atoms with Crippen LogP contribution in [-0.4, -0.2) is 10.1 Å². The van der Waals surface area contributed by atoms with Gasteiger partial charge in [0, 0.05) is 5.56 Å². The molecule has 0 saturated carbocycles. The van der Waals surface area contributed by atoms with E-state index < -0.39 is 0 Å². The van der Waals surface area contributed by atoms with Crippen molar-refractivity contribution in [3.63, 3.8) is 0 Å². The normalized spacial score (nSPS) is 10.7. The Bertz CT molecular complexity index is 945. The van der Waals surface area contributed by atoms with Crippen molar-refractivity contribution >= 4 is 11.3 Å². The molecule has 0 saturated heterocycles. The first-order chi connectivity index (χ1) is 11.8. The van der Waals surface area contributed by atoms with Crippen molar-refractivity contribution < 1.29 is 5.11 Å². The number of pyridine rings is 1. The van der Waals surface area contributed by atoms with Gasteiger partial charge in [-0.15, -0.1) is 11.3 Å². The number of aromatic nitrogens is 1. The molecule has 0 unspecified atom stereocenters. The van der Waals surface area contributed by atoms with Crippen molar-refractivity contribution in [3.05, 3.63) is 84.2 Å². The molecule has 1 N–H and O–H groups in total. The van der Waals surface area contributed by atoms with Crippen molar-refractivity contribution in [2.75, 3.05) is 0 Å². The van der Waals surface area contributed by atoms with Gasteiger partial charge in [0.25, 0.3) is 0 Å². The van der Waals surface area contributed by atoms with Crippen molar-refractivity contribution in [3.8, 4) is 38.7 Å². The van der Waals surface area contributed by atoms with E-state index in [1.807, 2.05) is 36.4 Å². The van der Waals surface area contributed by atoms with Crippen LogP contribution in [0.1, 0.15) is 0 Å². The topological polar surface area (TPSA) is 33.1 Å². The lowest BCUT2D eigenvalue weighted by Gasteiger charge is -2.09. The Hall–Kier alpha value is -2.91. The molecule has 3 heteroatoms. The van der Waals surface area contributed by atoms with Gasteiger partial charge in [-0.1, -0.05) is 36.4 Å². The Balaban J connectivity index is 1.90. The molecule has 2 aromatic heterocycles. The molecule has 2 aromatic carbocycles. The number of phenols is 1. The third kappa shape index (κ3) is 2.94. The number of phenolic OH excluding ortho intramolecular Hbond substituents is 1. The van der Waals surface area contributed by atoms with E-state index in [0.717, 1.165) is 33.0 Å². The number of benzene rings is 2. The quantitative estimate of drug-likeness (QED) is 0.511. The molecule has 0 spiro atoms. The van der Waals surface area contributed by atoms with Gasteiger partial charge in [-0.05, 0) is 59.0 Å². The van der Waals surface area contributed by atoms with Gasteiger partial charge in [-0.3, -0.25) is 0 Å². The Morgan fingerprint density at radius 3 is 2.12 bits per heavy atom. The Morgan fingerprint density at radius 2 is 1.42 bits per heavy atom. The molecule has 0 radical (unpaired) electrons. The summed E-state index contributed by atoms with van der Waals surface area (Å²) in [5, 5.41) is 11.6. The van der Waals surface area contributed by atoms with Crippen LogP contribution in [0.25, 0.3) is 33.0 Å². The highest BCUT2D eigenvalue weighted by atomic mass is 32.1. The lowest BCUT2D eigenvalue weighted by Crippen LogP contribution is -1.89. The van der Waals surface area contributed by atoms with Crippen molar-refractivity contribution in [2.45, 2.75) is 0 Å². The number of aromatic hydroxyl groups is 1. The summed E-state index contributed by atoms with van der Waals surface area (Å²) >= 11 is 1.68. The predicted octanol–water partition coefficient (Wildman–Crippen LogP) is 5.85. The molecular formula is C21H15NOS. The first kappa shape index (κ1) is 14.7. The molecule has 0 aliphatic carbocycles. The summed E-state index contributed by atoms with van der Waals surface area (Å²) in [4.78, 5) is 5.98. The fraction of sp³-hybridized carbons (Fsp3) is 0. The van der Waals surface area contributed by atoms with Gasteiger partial charge in [0.05, 0.1) is 16.3 Å². The van der Waals surface area contributed by atoms with Crippen LogP contribution in [0.3, 0.4) is 0 Å². The van der Waals surface area contributed by atoms with E-state index in [-0.39, 0.29) is 5.75 Å². The highest BCUT2D eigenvalue weighted by Gasteiger charge is 2.09. The van der Waals surface area contributed by atoms with E-state index in [2.05, 4.69) is 35.7 Å². The lowest BCUT2D eigenvalue weighted by molar-refractivity contribution is 0.475. The summed E-state index contributed by atoms with van der Waals surface area (Å²) < 4.78 is 0. The van der Waals surface area contributed by atoms with E-state index in [4.69, 9.17) is 4.98 Å². The summed E-state index contributed by atoms with van der Waals surface area (Å²) in [5.41, 5.74) is 5.16. The number of rotatable bonds is 3. The Labute approximate surface area is 144 Å². The standard InChI is InChI=1S/C21H15NOS/c23-18-10-8-16(9-11-18)19-13-17(15-5-2-1-3-6-15)14-20(22-19)21-7-4-12-24-21/h1-14,23H. The minimum absolute atomic E-state index is 0.261. The maximum Gasteiger partial charge on any atom is 0.115 e. The molecule has 0 fully saturated rings. The molecule has 4 aromatic rings. The molecule has 0 aliphatic rings. The Morgan fingerprint density at radius 1 is 0.667 bits per heavy atom. The fourth-order valence-electron chi connectivity index (χ4n) is 2.66. The summed E-state index contributed by atoms with van der Waals surface area (Å²) in [5.74, 6) is 0.261. The number of thiophene rings is 1. The van der Waals surface area contributed by atoms with E-state index in [0.29, 0.717) is 0 Å². The largest absolute Gasteiger partial charge is 0.508 e. The van der Waals surface area contributed by atoms with Gasteiger partial charge >= 0.3 is 0 Å². The first-order valence-corrected chi connectivity index (χ1v) is 8.58. The van der Waals surface area contributed by atoms with Crippen LogP contribution in [-0.2, 0) is 0 Å². The second-order valence-electron chi connectivity index (χ2n) is 5.52. The van der Waals surface area contributed by atoms with E-state index in [9.17, 15) is 5.11 Å². The van der Waals surface area contributed by atoms with Crippen LogP contribution in [0, 0.1) is 0 Å². The van der Waals surface area contributed by atoms with Crippen LogP contribution in [0.2, 0.25) is 0 Å². The van der Waals surface area contributed by atoms with Gasteiger partial charge < -0.3 is 5.11 Å². The summed E-state index contributed by atoms with van der Waals surface area (Å²) in [7, 11) is 0. The van der Waals surface area contributed by atoms with E-state index >= 15 is 0 Å². The van der Waals surface area contributed by atoms with Crippen molar-refractivity contribution in [1.29, 1.82) is 0 Å². The zero-order chi connectivity index (χ0) is 16.4. The molecule has 116 valence electrons. The van der Waals surface area contributed by atoms with Gasteiger partial charge in [0.2, 0.25) is 0 Å². The molecule has 0 atom stereocenters. The Kier molecular flexibility index (Phi) is 3.85. The molecule has 0 bridgehead atoms. The third-order valence-electron chi connectivity index (χ3n) is 3.87. The predicted molar refractivity (Wildman–Crippen MR) is 100 cm³/mol. The van der Waals surface area contributed by atoms with Crippen molar-refractivity contribution in [1.82, 2.24) is 4.98 Å². The third-order valence-corrected chi connectivity index (χ3v) is 4.76. The second kappa shape index (κ2) is 6.30. The monoisotopic (exact) mass is 329 g/mol. The zero-order valence-corrected chi connectivity index (χ0v) is 13.7. The minimum atomic E-state index is 0.261. The molecule has 0 amide bonds. The smallest absolute Gasteiger partial charge is 0.115 e. The zero-order valence-electron chi connectivity index (χ0n) is 12.9. The van der Waals surface area contributed by atoms with Crippen LogP contribution < -0.4 is 0 Å². The SMILES string of the molecule is Oc1ccc(-c2cc(-c3ccccc3)cc(-c3cccs3)n2)cc1. The van der Waals surface area contributed by atoms with Gasteiger partial charge in [-0.25, -0.2) is 4.98 Å². The second-order valence-corrected chi connectivity index (χ2v) is 6.46. The molecule has 4 rings (SSSR count). The molecular weight excluding hydrogens is 314 g/mol. The van der Waals surface area contributed by atoms with E-state index in [1.54, 1.807) is 23.5 Å². The van der Waals surface area contributed by atoms with Crippen molar-refractivity contribution in [2.24, 2.45) is 0 Å². The van der Waals surface area contributed by atoms with E-state index in [1.165, 1.54) is 0 Å². The molecule has 0 aliphatic heterocycles. The fourth-order valence-corrected chi connectivity index (χ4v) is 3.34. The average molecular weight is 329 g/mol. The molecule has 24 heavy (non-hydrogen) atoms. The van der Waals surface area contributed by atoms with Gasteiger partial charge in [-0.2, -0.15) is 0 Å². The number of nitrogens with zero attached hydrogens (tertiary/aromatic N) is 1. The molecule has 2 heterocycles. The number of hydrogen-bond donors (Lipinski definition) is 1. The highest BCUT2D eigenvalue weighted by Crippen LogP contribution is 2.32. The number of hydrogen-bond acceptors (Lipinski definition) is 3. The van der Waals surface area contributed by atoms with Gasteiger partial charge in [0.1, 0.15) is 5.75 Å². The lowest BCUT2D eigenvalue weighted by atomic mass is 10.0. The summed E-state index contributed by atoms with van der Waals surface area (Å²) in [6.07, 6.45) is 0. The van der Waals surface area contributed by atoms with Crippen LogP contribution in [0.15, 0.2) is 84.2 Å². The highest BCUT2D eigenvalue weighted by molar-refractivity contribution is 7.13. The van der Waals surface area contributed by atoms with Crippen LogP contribution >= 0.6 is 11.3 Å². The average Bonchev–Trinajstić information content (AvgIpc) is 3.17. The molecule has 2 nitrogen and oxygen atoms in total. The first-order valence-electron chi connectivity index (χ1n) is 7.70. The van der Waals surface area contributed by atoms with Crippen LogP contribution in [0.4, 0.5) is 0 Å². The van der Waals surface area contributed by atoms with Gasteiger partial charge in [0.15, 0.2) is 0 Å². The maximum absolute atomic E-state index is 9.52. The summed E-state index contributed by atoms with van der Waals surface area (Å²) in [6.45, 7) is 0. The maximum atomic E-state index is 9.52.